The van der Waals surface area contributed by atoms with Gasteiger partial charge in [-0.05, 0) is 92.3 Å². The number of carbonyl (C=O) groups is 1. The van der Waals surface area contributed by atoms with Crippen LogP contribution in [0.25, 0.3) is 6.08 Å². The fourth-order valence-corrected chi connectivity index (χ4v) is 5.06. The van der Waals surface area contributed by atoms with Crippen molar-refractivity contribution < 1.29 is 14.3 Å². The summed E-state index contributed by atoms with van der Waals surface area (Å²) >= 11 is 0. The van der Waals surface area contributed by atoms with Crippen molar-refractivity contribution in [1.29, 1.82) is 0 Å². The fourth-order valence-electron chi connectivity index (χ4n) is 5.06. The quantitative estimate of drug-likeness (QED) is 0.396. The molecular formula is C30H31N3O3. The van der Waals surface area contributed by atoms with E-state index in [1.165, 1.54) is 5.57 Å². The van der Waals surface area contributed by atoms with Crippen molar-refractivity contribution in [3.05, 3.63) is 95.3 Å². The van der Waals surface area contributed by atoms with E-state index in [0.717, 1.165) is 47.6 Å². The van der Waals surface area contributed by atoms with Crippen molar-refractivity contribution in [1.82, 2.24) is 9.99 Å². The summed E-state index contributed by atoms with van der Waals surface area (Å²) in [5.41, 5.74) is 4.73. The third kappa shape index (κ3) is 4.89. The molecule has 1 aliphatic heterocycles. The average Bonchev–Trinajstić information content (AvgIpc) is 3.31. The molecule has 2 aromatic carbocycles. The van der Waals surface area contributed by atoms with Gasteiger partial charge < -0.3 is 9.47 Å². The number of fused-ring (bicyclic) bond motifs is 1. The standard InChI is InChI=1S/C30H31N3O3/c1-3-35-24-15-11-21(12-16-24)20-23-8-7-9-26-28(23)32-33(30(34)27-10-5-6-19-31-27)29(26)22-13-17-25(18-14-22)36-4-2/h5-6,10-20,26,29H,3-4,7-9H2,1-2H3/b23-20-. The summed E-state index contributed by atoms with van der Waals surface area (Å²) in [5.74, 6) is 1.62. The molecule has 0 bridgehead atoms. The van der Waals surface area contributed by atoms with Crippen LogP contribution in [0.1, 0.15) is 60.8 Å². The van der Waals surface area contributed by atoms with E-state index in [1.54, 1.807) is 17.3 Å². The maximum Gasteiger partial charge on any atom is 0.293 e. The number of amides is 1. The molecule has 36 heavy (non-hydrogen) atoms. The number of hydrazone groups is 1. The number of aromatic nitrogens is 1. The molecule has 184 valence electrons. The molecule has 1 fully saturated rings. The predicted octanol–water partition coefficient (Wildman–Crippen LogP) is 6.32. The van der Waals surface area contributed by atoms with Crippen LogP contribution in [-0.4, -0.2) is 34.8 Å². The van der Waals surface area contributed by atoms with Crippen LogP contribution in [0.4, 0.5) is 0 Å². The predicted molar refractivity (Wildman–Crippen MR) is 141 cm³/mol. The largest absolute Gasteiger partial charge is 0.494 e. The number of rotatable bonds is 7. The van der Waals surface area contributed by atoms with E-state index in [1.807, 2.05) is 50.2 Å². The molecular weight excluding hydrogens is 450 g/mol. The van der Waals surface area contributed by atoms with Crippen molar-refractivity contribution >= 4 is 17.7 Å². The molecule has 0 spiro atoms. The Kier molecular flexibility index (Phi) is 7.12. The third-order valence-corrected chi connectivity index (χ3v) is 6.66. The lowest BCUT2D eigenvalue weighted by atomic mass is 9.77. The highest BCUT2D eigenvalue weighted by molar-refractivity contribution is 6.09. The number of ether oxygens (including phenoxy) is 2. The van der Waals surface area contributed by atoms with Crippen molar-refractivity contribution in [3.63, 3.8) is 0 Å². The fraction of sp³-hybridized carbons (Fsp3) is 0.300. The summed E-state index contributed by atoms with van der Waals surface area (Å²) < 4.78 is 11.2. The smallest absolute Gasteiger partial charge is 0.293 e. The molecule has 1 aromatic heterocycles. The number of hydrogen-bond donors (Lipinski definition) is 0. The lowest BCUT2D eigenvalue weighted by Gasteiger charge is -2.29. The minimum atomic E-state index is -0.186. The monoisotopic (exact) mass is 481 g/mol. The van der Waals surface area contributed by atoms with Crippen LogP contribution in [-0.2, 0) is 0 Å². The Morgan fingerprint density at radius 1 is 0.972 bits per heavy atom. The molecule has 1 saturated carbocycles. The van der Waals surface area contributed by atoms with Gasteiger partial charge in [-0.2, -0.15) is 5.10 Å². The summed E-state index contributed by atoms with van der Waals surface area (Å²) in [6.07, 6.45) is 6.80. The van der Waals surface area contributed by atoms with Crippen molar-refractivity contribution in [3.8, 4) is 11.5 Å². The molecule has 0 radical (unpaired) electrons. The lowest BCUT2D eigenvalue weighted by Crippen LogP contribution is -2.32. The average molecular weight is 482 g/mol. The van der Waals surface area contributed by atoms with Crippen LogP contribution in [0.3, 0.4) is 0 Å². The second-order valence-corrected chi connectivity index (χ2v) is 8.97. The Hall–Kier alpha value is -3.93. The second-order valence-electron chi connectivity index (χ2n) is 8.97. The molecule has 5 rings (SSSR count). The van der Waals surface area contributed by atoms with E-state index in [2.05, 4.69) is 35.3 Å². The van der Waals surface area contributed by atoms with Crippen LogP contribution in [0.2, 0.25) is 0 Å². The van der Waals surface area contributed by atoms with Crippen molar-refractivity contribution in [2.75, 3.05) is 13.2 Å². The first-order chi connectivity index (χ1) is 17.7. The van der Waals surface area contributed by atoms with Crippen LogP contribution >= 0.6 is 0 Å². The molecule has 2 aliphatic rings. The normalized spacial score (nSPS) is 20.1. The number of hydrogen-bond acceptors (Lipinski definition) is 5. The summed E-state index contributed by atoms with van der Waals surface area (Å²) in [5, 5.41) is 6.61. The third-order valence-electron chi connectivity index (χ3n) is 6.66. The van der Waals surface area contributed by atoms with Crippen LogP contribution in [0, 0.1) is 5.92 Å². The lowest BCUT2D eigenvalue weighted by molar-refractivity contribution is 0.0675. The first kappa shape index (κ1) is 23.8. The number of allylic oxidation sites excluding steroid dienone is 1. The zero-order valence-electron chi connectivity index (χ0n) is 20.8. The van der Waals surface area contributed by atoms with E-state index in [4.69, 9.17) is 14.6 Å². The summed E-state index contributed by atoms with van der Waals surface area (Å²) in [6, 6.07) is 21.4. The van der Waals surface area contributed by atoms with E-state index in [0.29, 0.717) is 18.9 Å². The van der Waals surface area contributed by atoms with Crippen molar-refractivity contribution in [2.45, 2.75) is 39.2 Å². The van der Waals surface area contributed by atoms with E-state index < -0.39 is 0 Å². The van der Waals surface area contributed by atoms with Crippen LogP contribution in [0.15, 0.2) is 83.6 Å². The van der Waals surface area contributed by atoms with Gasteiger partial charge in [0.1, 0.15) is 17.2 Å². The molecule has 2 unspecified atom stereocenters. The Morgan fingerprint density at radius 2 is 1.67 bits per heavy atom. The second kappa shape index (κ2) is 10.8. The Morgan fingerprint density at radius 3 is 2.31 bits per heavy atom. The molecule has 6 nitrogen and oxygen atoms in total. The first-order valence-electron chi connectivity index (χ1n) is 12.7. The number of carbonyl (C=O) groups excluding carboxylic acids is 1. The van der Waals surface area contributed by atoms with Gasteiger partial charge in [0, 0.05) is 12.1 Å². The van der Waals surface area contributed by atoms with E-state index in [9.17, 15) is 4.79 Å². The maximum atomic E-state index is 13.6. The van der Waals surface area contributed by atoms with E-state index in [-0.39, 0.29) is 17.9 Å². The Labute approximate surface area is 212 Å². The Balaban J connectivity index is 1.51. The van der Waals surface area contributed by atoms with Gasteiger partial charge in [0.05, 0.1) is 25.0 Å². The van der Waals surface area contributed by atoms with Gasteiger partial charge in [0.15, 0.2) is 0 Å². The zero-order chi connectivity index (χ0) is 24.9. The number of nitrogens with zero attached hydrogens (tertiary/aromatic N) is 3. The molecule has 0 saturated heterocycles. The molecule has 0 N–H and O–H groups in total. The zero-order valence-corrected chi connectivity index (χ0v) is 20.8. The highest BCUT2D eigenvalue weighted by Gasteiger charge is 2.44. The number of benzene rings is 2. The minimum absolute atomic E-state index is 0.123. The first-order valence-corrected chi connectivity index (χ1v) is 12.7. The molecule has 1 amide bonds. The van der Waals surface area contributed by atoms with Gasteiger partial charge in [-0.15, -0.1) is 0 Å². The van der Waals surface area contributed by atoms with Gasteiger partial charge in [0.2, 0.25) is 0 Å². The topological polar surface area (TPSA) is 64.0 Å². The van der Waals surface area contributed by atoms with Gasteiger partial charge in [-0.1, -0.05) is 30.3 Å². The molecule has 3 aromatic rings. The summed E-state index contributed by atoms with van der Waals surface area (Å²) in [7, 11) is 0. The SMILES string of the molecule is CCOc1ccc(/C=C2/CCCC3C2=NN(C(=O)c2ccccn2)C3c2ccc(OCC)cc2)cc1. The molecule has 2 heterocycles. The molecule has 6 heteroatoms. The molecule has 1 aliphatic carbocycles. The minimum Gasteiger partial charge on any atom is -0.494 e. The summed E-state index contributed by atoms with van der Waals surface area (Å²) in [4.78, 5) is 17.9. The van der Waals surface area contributed by atoms with Gasteiger partial charge in [-0.3, -0.25) is 9.78 Å². The van der Waals surface area contributed by atoms with Gasteiger partial charge >= 0.3 is 0 Å². The van der Waals surface area contributed by atoms with Gasteiger partial charge in [-0.25, -0.2) is 5.01 Å². The highest BCUT2D eigenvalue weighted by atomic mass is 16.5. The summed E-state index contributed by atoms with van der Waals surface area (Å²) in [6.45, 7) is 5.21. The van der Waals surface area contributed by atoms with Crippen LogP contribution < -0.4 is 9.47 Å². The van der Waals surface area contributed by atoms with Gasteiger partial charge in [0.25, 0.3) is 5.91 Å². The van der Waals surface area contributed by atoms with Crippen LogP contribution in [0.5, 0.6) is 11.5 Å². The maximum absolute atomic E-state index is 13.6. The molecule has 2 atom stereocenters. The van der Waals surface area contributed by atoms with Crippen molar-refractivity contribution in [2.24, 2.45) is 11.0 Å². The number of pyridine rings is 1. The van der Waals surface area contributed by atoms with E-state index >= 15 is 0 Å². The highest BCUT2D eigenvalue weighted by Crippen LogP contribution is 2.45. The Bertz CT molecular complexity index is 1250.